The number of anilines is 1. The molecule has 0 radical (unpaired) electrons. The number of para-hydroxylation sites is 1. The summed E-state index contributed by atoms with van der Waals surface area (Å²) in [6.07, 6.45) is -4.11. The Labute approximate surface area is 104 Å². The lowest BCUT2D eigenvalue weighted by atomic mass is 10.1. The summed E-state index contributed by atoms with van der Waals surface area (Å²) in [6.45, 7) is 1.87. The molecule has 18 heavy (non-hydrogen) atoms. The van der Waals surface area contributed by atoms with Crippen LogP contribution in [0.15, 0.2) is 24.3 Å². The molecule has 1 aromatic carbocycles. The van der Waals surface area contributed by atoms with E-state index in [1.54, 1.807) is 24.3 Å². The van der Waals surface area contributed by atoms with E-state index in [9.17, 15) is 18.0 Å². The molecule has 0 aliphatic rings. The third kappa shape index (κ3) is 5.21. The van der Waals surface area contributed by atoms with Crippen molar-refractivity contribution in [1.82, 2.24) is 0 Å². The minimum Gasteiger partial charge on any atom is -0.326 e. The number of aryl methyl sites for hydroxylation is 1. The van der Waals surface area contributed by atoms with Crippen molar-refractivity contribution < 1.29 is 18.0 Å². The van der Waals surface area contributed by atoms with E-state index in [0.29, 0.717) is 24.1 Å². The normalized spacial score (nSPS) is 11.3. The van der Waals surface area contributed by atoms with Crippen molar-refractivity contribution in [3.63, 3.8) is 0 Å². The summed E-state index contributed by atoms with van der Waals surface area (Å²) in [6, 6.07) is 6.59. The van der Waals surface area contributed by atoms with Crippen molar-refractivity contribution in [2.24, 2.45) is 0 Å². The second-order valence-corrected chi connectivity index (χ2v) is 4.07. The molecule has 5 heteroatoms. The van der Waals surface area contributed by atoms with Crippen molar-refractivity contribution >= 4 is 11.6 Å². The van der Waals surface area contributed by atoms with Gasteiger partial charge in [0.05, 0.1) is 0 Å². The van der Waals surface area contributed by atoms with E-state index in [1.165, 1.54) is 0 Å². The van der Waals surface area contributed by atoms with Gasteiger partial charge in [0.15, 0.2) is 0 Å². The fraction of sp³-hybridized carbons (Fsp3) is 0.462. The van der Waals surface area contributed by atoms with Gasteiger partial charge in [0.25, 0.3) is 0 Å². The van der Waals surface area contributed by atoms with Crippen LogP contribution in [0.1, 0.15) is 31.7 Å². The summed E-state index contributed by atoms with van der Waals surface area (Å²) in [5.74, 6) is -0.169. The predicted octanol–water partition coefficient (Wildman–Crippen LogP) is 3.92. The highest BCUT2D eigenvalue weighted by Crippen LogP contribution is 2.25. The first-order valence-corrected chi connectivity index (χ1v) is 5.87. The Morgan fingerprint density at radius 3 is 2.56 bits per heavy atom. The van der Waals surface area contributed by atoms with Gasteiger partial charge in [-0.3, -0.25) is 4.79 Å². The van der Waals surface area contributed by atoms with Gasteiger partial charge in [-0.1, -0.05) is 25.1 Å². The van der Waals surface area contributed by atoms with Gasteiger partial charge in [-0.2, -0.15) is 13.2 Å². The smallest absolute Gasteiger partial charge is 0.326 e. The number of carbonyl (C=O) groups excluding carboxylic acids is 1. The third-order valence-corrected chi connectivity index (χ3v) is 2.45. The first-order valence-electron chi connectivity index (χ1n) is 5.87. The van der Waals surface area contributed by atoms with Crippen LogP contribution in [-0.2, 0) is 11.2 Å². The molecule has 0 saturated carbocycles. The predicted molar refractivity (Wildman–Crippen MR) is 64.4 cm³/mol. The topological polar surface area (TPSA) is 29.1 Å². The summed E-state index contributed by atoms with van der Waals surface area (Å²) >= 11 is 0. The van der Waals surface area contributed by atoms with Crippen LogP contribution >= 0.6 is 0 Å². The van der Waals surface area contributed by atoms with Crippen LogP contribution in [0.4, 0.5) is 18.9 Å². The van der Waals surface area contributed by atoms with Crippen molar-refractivity contribution in [3.05, 3.63) is 29.8 Å². The zero-order valence-electron chi connectivity index (χ0n) is 10.2. The average molecular weight is 259 g/mol. The third-order valence-electron chi connectivity index (χ3n) is 2.45. The lowest BCUT2D eigenvalue weighted by Gasteiger charge is -2.12. The quantitative estimate of drug-likeness (QED) is 0.853. The zero-order chi connectivity index (χ0) is 13.6. The molecular formula is C13H16F3NO. The van der Waals surface area contributed by atoms with Crippen LogP contribution in [0, 0.1) is 0 Å². The number of halogens is 3. The molecule has 2 nitrogen and oxygen atoms in total. The number of amides is 1. The Morgan fingerprint density at radius 1 is 1.28 bits per heavy atom. The minimum absolute atomic E-state index is 0.119. The molecular weight excluding hydrogens is 243 g/mol. The highest BCUT2D eigenvalue weighted by atomic mass is 19.4. The van der Waals surface area contributed by atoms with Gasteiger partial charge in [-0.05, 0) is 24.5 Å². The Kier molecular flexibility index (Phi) is 5.19. The second kappa shape index (κ2) is 6.42. The molecule has 0 saturated heterocycles. The number of hydrogen-bond donors (Lipinski definition) is 1. The minimum atomic E-state index is -4.18. The van der Waals surface area contributed by atoms with Gasteiger partial charge < -0.3 is 5.32 Å². The van der Waals surface area contributed by atoms with Crippen LogP contribution in [-0.4, -0.2) is 12.1 Å². The maximum atomic E-state index is 12.2. The number of alkyl halides is 3. The van der Waals surface area contributed by atoms with Gasteiger partial charge >= 0.3 is 6.18 Å². The largest absolute Gasteiger partial charge is 0.389 e. The zero-order valence-corrected chi connectivity index (χ0v) is 10.2. The number of carbonyl (C=O) groups is 1. The van der Waals surface area contributed by atoms with E-state index >= 15 is 0 Å². The van der Waals surface area contributed by atoms with Crippen LogP contribution in [0.3, 0.4) is 0 Å². The van der Waals surface area contributed by atoms with E-state index in [0.717, 1.165) is 0 Å². The molecule has 1 N–H and O–H groups in total. The number of nitrogens with one attached hydrogen (secondary N) is 1. The standard InChI is InChI=1S/C13H16F3NO/c1-2-5-12(18)17-11-7-4-3-6-10(11)8-9-13(14,15)16/h3-4,6-7H,2,5,8-9H2,1H3,(H,17,18). The molecule has 0 bridgehead atoms. The molecule has 0 aliphatic carbocycles. The Balaban J connectivity index is 2.70. The molecule has 1 amide bonds. The first kappa shape index (κ1) is 14.5. The van der Waals surface area contributed by atoms with Crippen molar-refractivity contribution in [2.75, 3.05) is 5.32 Å². The summed E-state index contributed by atoms with van der Waals surface area (Å²) in [5, 5.41) is 2.64. The van der Waals surface area contributed by atoms with E-state index in [4.69, 9.17) is 0 Å². The van der Waals surface area contributed by atoms with E-state index in [2.05, 4.69) is 5.32 Å². The summed E-state index contributed by atoms with van der Waals surface area (Å²) in [5.41, 5.74) is 0.986. The van der Waals surface area contributed by atoms with E-state index in [-0.39, 0.29) is 12.3 Å². The molecule has 0 fully saturated rings. The highest BCUT2D eigenvalue weighted by Gasteiger charge is 2.26. The highest BCUT2D eigenvalue weighted by molar-refractivity contribution is 5.91. The van der Waals surface area contributed by atoms with Crippen LogP contribution < -0.4 is 5.32 Å². The first-order chi connectivity index (χ1) is 8.42. The maximum absolute atomic E-state index is 12.2. The lowest BCUT2D eigenvalue weighted by molar-refractivity contribution is -0.133. The lowest BCUT2D eigenvalue weighted by Crippen LogP contribution is -2.14. The fourth-order valence-electron chi connectivity index (χ4n) is 1.58. The number of rotatable bonds is 5. The Bertz CT molecular complexity index is 401. The molecule has 0 heterocycles. The van der Waals surface area contributed by atoms with E-state index < -0.39 is 12.6 Å². The molecule has 0 atom stereocenters. The van der Waals surface area contributed by atoms with Gasteiger partial charge in [0.1, 0.15) is 0 Å². The molecule has 1 aromatic rings. The van der Waals surface area contributed by atoms with E-state index in [1.807, 2.05) is 6.92 Å². The average Bonchev–Trinajstić information content (AvgIpc) is 2.27. The van der Waals surface area contributed by atoms with Gasteiger partial charge in [0, 0.05) is 18.5 Å². The van der Waals surface area contributed by atoms with Crippen molar-refractivity contribution in [3.8, 4) is 0 Å². The van der Waals surface area contributed by atoms with Crippen LogP contribution in [0.5, 0.6) is 0 Å². The molecule has 0 unspecified atom stereocenters. The van der Waals surface area contributed by atoms with Crippen molar-refractivity contribution in [2.45, 2.75) is 38.8 Å². The number of hydrogen-bond acceptors (Lipinski definition) is 1. The Hall–Kier alpha value is -1.52. The molecule has 100 valence electrons. The summed E-state index contributed by atoms with van der Waals surface area (Å²) in [7, 11) is 0. The van der Waals surface area contributed by atoms with Gasteiger partial charge in [-0.25, -0.2) is 0 Å². The van der Waals surface area contributed by atoms with Crippen LogP contribution in [0.25, 0.3) is 0 Å². The molecule has 1 rings (SSSR count). The van der Waals surface area contributed by atoms with Crippen LogP contribution in [0.2, 0.25) is 0 Å². The fourth-order valence-corrected chi connectivity index (χ4v) is 1.58. The van der Waals surface area contributed by atoms with Crippen molar-refractivity contribution in [1.29, 1.82) is 0 Å². The summed E-state index contributed by atoms with van der Waals surface area (Å²) < 4.78 is 36.5. The van der Waals surface area contributed by atoms with Gasteiger partial charge in [0.2, 0.25) is 5.91 Å². The molecule has 0 aliphatic heterocycles. The van der Waals surface area contributed by atoms with Gasteiger partial charge in [-0.15, -0.1) is 0 Å². The molecule has 0 aromatic heterocycles. The summed E-state index contributed by atoms with van der Waals surface area (Å²) in [4.78, 5) is 11.4. The Morgan fingerprint density at radius 2 is 1.94 bits per heavy atom. The second-order valence-electron chi connectivity index (χ2n) is 4.07. The SMILES string of the molecule is CCCC(=O)Nc1ccccc1CCC(F)(F)F. The molecule has 0 spiro atoms. The maximum Gasteiger partial charge on any atom is 0.389 e. The monoisotopic (exact) mass is 259 g/mol. The number of benzene rings is 1.